The van der Waals surface area contributed by atoms with Crippen LogP contribution in [0.25, 0.3) is 5.69 Å². The highest BCUT2D eigenvalue weighted by molar-refractivity contribution is 7.73. The maximum Gasteiger partial charge on any atom is 0.293 e. The molecule has 4 aromatic rings. The van der Waals surface area contributed by atoms with Gasteiger partial charge in [0.15, 0.2) is 0 Å². The van der Waals surface area contributed by atoms with Crippen LogP contribution in [0, 0.1) is 0 Å². The van der Waals surface area contributed by atoms with Gasteiger partial charge in [-0.25, -0.2) is 4.98 Å². The van der Waals surface area contributed by atoms with E-state index >= 15 is 0 Å². The van der Waals surface area contributed by atoms with Crippen LogP contribution >= 0.6 is 7.37 Å². The Kier molecular flexibility index (Phi) is 5.08. The number of anilines is 1. The van der Waals surface area contributed by atoms with E-state index in [0.717, 1.165) is 0 Å². The van der Waals surface area contributed by atoms with Crippen LogP contribution in [0.4, 0.5) is 5.69 Å². The van der Waals surface area contributed by atoms with Crippen molar-refractivity contribution in [3.63, 3.8) is 0 Å². The Balaban J connectivity index is 1.59. The summed E-state index contributed by atoms with van der Waals surface area (Å²) in [6, 6.07) is 20.4. The lowest BCUT2D eigenvalue weighted by Crippen LogP contribution is -2.24. The number of aromatic nitrogens is 3. The Labute approximate surface area is 167 Å². The lowest BCUT2D eigenvalue weighted by atomic mass is 10.2. The highest BCUT2D eigenvalue weighted by atomic mass is 31.2. The summed E-state index contributed by atoms with van der Waals surface area (Å²) in [6.07, 6.45) is 4.67. The summed E-state index contributed by atoms with van der Waals surface area (Å²) in [4.78, 5) is 31.0. The number of pyridine rings is 1. The van der Waals surface area contributed by atoms with Crippen LogP contribution in [-0.4, -0.2) is 25.3 Å². The van der Waals surface area contributed by atoms with Crippen molar-refractivity contribution in [1.29, 1.82) is 0 Å². The van der Waals surface area contributed by atoms with E-state index in [1.165, 1.54) is 6.20 Å². The monoisotopic (exact) mass is 404 g/mol. The number of nitrogens with one attached hydrogen (secondary N) is 1. The lowest BCUT2D eigenvalue weighted by molar-refractivity contribution is 0.102. The van der Waals surface area contributed by atoms with E-state index in [0.29, 0.717) is 22.4 Å². The van der Waals surface area contributed by atoms with Gasteiger partial charge >= 0.3 is 0 Å². The molecule has 0 aliphatic rings. The first-order valence-corrected chi connectivity index (χ1v) is 10.5. The molecule has 7 nitrogen and oxygen atoms in total. The van der Waals surface area contributed by atoms with E-state index in [1.54, 1.807) is 89.8 Å². The minimum Gasteiger partial charge on any atom is -0.336 e. The average Bonchev–Trinajstić information content (AvgIpc) is 3.26. The number of imidazole rings is 1. The minimum atomic E-state index is -3.85. The Morgan fingerprint density at radius 3 is 2.31 bits per heavy atom. The van der Waals surface area contributed by atoms with Crippen molar-refractivity contribution >= 4 is 29.8 Å². The van der Waals surface area contributed by atoms with Crippen LogP contribution in [0.2, 0.25) is 0 Å². The molecule has 1 unspecified atom stereocenters. The number of hydrogen-bond donors (Lipinski definition) is 2. The Morgan fingerprint density at radius 2 is 1.62 bits per heavy atom. The second-order valence-electron chi connectivity index (χ2n) is 6.22. The number of amides is 1. The largest absolute Gasteiger partial charge is 0.336 e. The van der Waals surface area contributed by atoms with E-state index in [9.17, 15) is 14.3 Å². The van der Waals surface area contributed by atoms with Crippen LogP contribution in [0.1, 0.15) is 10.5 Å². The molecule has 29 heavy (non-hydrogen) atoms. The van der Waals surface area contributed by atoms with Crippen molar-refractivity contribution in [2.75, 3.05) is 5.32 Å². The van der Waals surface area contributed by atoms with Crippen molar-refractivity contribution in [3.8, 4) is 5.69 Å². The smallest absolute Gasteiger partial charge is 0.293 e. The van der Waals surface area contributed by atoms with Crippen LogP contribution in [0.3, 0.4) is 0 Å². The SMILES string of the molecule is O=C(Nc1ccc(-n2ccnc2P(=O)(O)c2ccccc2)cc1)c1ccccn1. The molecule has 0 saturated carbocycles. The zero-order valence-electron chi connectivity index (χ0n) is 15.2. The van der Waals surface area contributed by atoms with Gasteiger partial charge in [0.25, 0.3) is 13.3 Å². The van der Waals surface area contributed by atoms with Crippen LogP contribution in [-0.2, 0) is 4.57 Å². The first-order chi connectivity index (χ1) is 14.1. The Morgan fingerprint density at radius 1 is 0.897 bits per heavy atom. The van der Waals surface area contributed by atoms with Gasteiger partial charge in [0.1, 0.15) is 5.69 Å². The van der Waals surface area contributed by atoms with Gasteiger partial charge in [-0.3, -0.25) is 18.9 Å². The molecule has 8 heteroatoms. The number of benzene rings is 2. The molecule has 2 heterocycles. The molecule has 2 aromatic carbocycles. The first kappa shape index (κ1) is 18.8. The van der Waals surface area contributed by atoms with Crippen molar-refractivity contribution in [1.82, 2.24) is 14.5 Å². The quantitative estimate of drug-likeness (QED) is 0.499. The summed E-state index contributed by atoms with van der Waals surface area (Å²) in [7, 11) is -3.85. The van der Waals surface area contributed by atoms with Gasteiger partial charge < -0.3 is 10.2 Å². The molecule has 0 aliphatic carbocycles. The minimum absolute atomic E-state index is 0.0639. The van der Waals surface area contributed by atoms with Gasteiger partial charge in [-0.2, -0.15) is 0 Å². The molecule has 1 atom stereocenters. The van der Waals surface area contributed by atoms with E-state index in [-0.39, 0.29) is 11.5 Å². The molecule has 0 spiro atoms. The molecule has 0 aliphatic heterocycles. The lowest BCUT2D eigenvalue weighted by Gasteiger charge is -2.14. The normalized spacial score (nSPS) is 12.9. The van der Waals surface area contributed by atoms with Crippen LogP contribution < -0.4 is 16.2 Å². The number of rotatable bonds is 5. The van der Waals surface area contributed by atoms with E-state index in [2.05, 4.69) is 15.3 Å². The first-order valence-electron chi connectivity index (χ1n) is 8.81. The van der Waals surface area contributed by atoms with Crippen LogP contribution in [0.15, 0.2) is 91.4 Å². The van der Waals surface area contributed by atoms with Crippen molar-refractivity contribution in [2.24, 2.45) is 0 Å². The zero-order chi connectivity index (χ0) is 20.3. The third-order valence-corrected chi connectivity index (χ3v) is 6.17. The highest BCUT2D eigenvalue weighted by Crippen LogP contribution is 2.37. The van der Waals surface area contributed by atoms with Crippen molar-refractivity contribution < 1.29 is 14.3 Å². The number of hydrogen-bond acceptors (Lipinski definition) is 4. The van der Waals surface area contributed by atoms with Gasteiger partial charge in [0, 0.05) is 35.3 Å². The fourth-order valence-electron chi connectivity index (χ4n) is 2.86. The van der Waals surface area contributed by atoms with Crippen molar-refractivity contribution in [3.05, 3.63) is 97.1 Å². The summed E-state index contributed by atoms with van der Waals surface area (Å²) >= 11 is 0. The van der Waals surface area contributed by atoms with Crippen LogP contribution in [0.5, 0.6) is 0 Å². The topological polar surface area (TPSA) is 97.1 Å². The summed E-state index contributed by atoms with van der Waals surface area (Å²) < 4.78 is 14.6. The number of carbonyl (C=O) groups is 1. The second kappa shape index (κ2) is 7.83. The predicted octanol–water partition coefficient (Wildman–Crippen LogP) is 2.74. The molecule has 4 rings (SSSR count). The van der Waals surface area contributed by atoms with Gasteiger partial charge in [0.2, 0.25) is 5.57 Å². The number of carbonyl (C=O) groups excluding carboxylic acids is 1. The standard InChI is InChI=1S/C21H17N4O3P/c26-20(19-8-4-5-13-22-19)24-16-9-11-17(12-10-16)25-15-14-23-21(25)29(27,28)18-6-2-1-3-7-18/h1-15H,(H,24,26)(H,27,28). The highest BCUT2D eigenvalue weighted by Gasteiger charge is 2.29. The summed E-state index contributed by atoms with van der Waals surface area (Å²) in [5.74, 6) is -0.314. The molecule has 0 fully saturated rings. The third kappa shape index (κ3) is 3.87. The Hall–Kier alpha value is -3.54. The third-order valence-electron chi connectivity index (χ3n) is 4.30. The molecule has 0 bridgehead atoms. The van der Waals surface area contributed by atoms with Gasteiger partial charge in [0.05, 0.1) is 0 Å². The van der Waals surface area contributed by atoms with Gasteiger partial charge in [-0.05, 0) is 48.5 Å². The maximum atomic E-state index is 13.0. The van der Waals surface area contributed by atoms with Crippen molar-refractivity contribution in [2.45, 2.75) is 0 Å². The van der Waals surface area contributed by atoms with E-state index in [4.69, 9.17) is 0 Å². The predicted molar refractivity (Wildman–Crippen MR) is 111 cm³/mol. The van der Waals surface area contributed by atoms with Gasteiger partial charge in [-0.1, -0.05) is 24.3 Å². The van der Waals surface area contributed by atoms with E-state index < -0.39 is 7.37 Å². The molecular formula is C21H17N4O3P. The molecule has 2 aromatic heterocycles. The molecular weight excluding hydrogens is 387 g/mol. The zero-order valence-corrected chi connectivity index (χ0v) is 16.1. The summed E-state index contributed by atoms with van der Waals surface area (Å²) in [5.41, 5.74) is 1.62. The fourth-order valence-corrected chi connectivity index (χ4v) is 4.37. The molecule has 0 radical (unpaired) electrons. The summed E-state index contributed by atoms with van der Waals surface area (Å²) in [5, 5.41) is 3.08. The second-order valence-corrected chi connectivity index (χ2v) is 8.29. The average molecular weight is 404 g/mol. The van der Waals surface area contributed by atoms with Gasteiger partial charge in [-0.15, -0.1) is 0 Å². The van der Waals surface area contributed by atoms with E-state index in [1.807, 2.05) is 0 Å². The fraction of sp³-hybridized carbons (Fsp3) is 0. The molecule has 1 amide bonds. The number of nitrogens with zero attached hydrogens (tertiary/aromatic N) is 3. The summed E-state index contributed by atoms with van der Waals surface area (Å²) in [6.45, 7) is 0. The maximum absolute atomic E-state index is 13.0. The molecule has 144 valence electrons. The Bertz CT molecular complexity index is 1180. The molecule has 0 saturated heterocycles. The molecule has 2 N–H and O–H groups in total.